The minimum Gasteiger partial charge on any atom is -0.350 e. The second kappa shape index (κ2) is 6.17. The Morgan fingerprint density at radius 3 is 2.67 bits per heavy atom. The van der Waals surface area contributed by atoms with E-state index in [2.05, 4.69) is 5.32 Å². The molecule has 1 rings (SSSR count). The maximum atomic E-state index is 11.9. The summed E-state index contributed by atoms with van der Waals surface area (Å²) in [6.45, 7) is 5.16. The molecule has 1 heterocycles. The Balaban J connectivity index is 3.11. The summed E-state index contributed by atoms with van der Waals surface area (Å²) in [6, 6.07) is 2.49. The van der Waals surface area contributed by atoms with E-state index in [9.17, 15) is 19.7 Å². The highest BCUT2D eigenvalue weighted by molar-refractivity contribution is 5.76. The normalized spacial score (nSPS) is 10.8. The fourth-order valence-electron chi connectivity index (χ4n) is 1.58. The predicted octanol–water partition coefficient (Wildman–Crippen LogP) is 0.933. The molecule has 0 fully saturated rings. The number of carbonyl (C=O) groups is 1. The Morgan fingerprint density at radius 2 is 2.19 bits per heavy atom. The summed E-state index contributed by atoms with van der Waals surface area (Å²) in [5, 5.41) is 22.3. The number of pyridine rings is 1. The summed E-state index contributed by atoms with van der Waals surface area (Å²) < 4.78 is 0.873. The van der Waals surface area contributed by atoms with Gasteiger partial charge in [-0.25, -0.2) is 0 Å². The van der Waals surface area contributed by atoms with E-state index in [1.807, 2.05) is 20.8 Å². The number of nitriles is 1. The van der Waals surface area contributed by atoms with E-state index >= 15 is 0 Å². The highest BCUT2D eigenvalue weighted by Crippen LogP contribution is 2.10. The number of rotatable bonds is 5. The van der Waals surface area contributed by atoms with Gasteiger partial charge in [-0.15, -0.1) is 0 Å². The molecule has 0 aromatic carbocycles. The molecule has 1 N–H and O–H groups in total. The van der Waals surface area contributed by atoms with E-state index in [0.29, 0.717) is 6.42 Å². The number of hydrogen-bond donors (Lipinski definition) is 1. The summed E-state index contributed by atoms with van der Waals surface area (Å²) in [6.07, 6.45) is 1.65. The second-order valence-corrected chi connectivity index (χ2v) is 5.20. The van der Waals surface area contributed by atoms with E-state index < -0.39 is 27.6 Å². The monoisotopic (exact) mass is 292 g/mol. The van der Waals surface area contributed by atoms with Gasteiger partial charge in [0, 0.05) is 11.6 Å². The summed E-state index contributed by atoms with van der Waals surface area (Å²) in [5.41, 5.74) is -1.95. The van der Waals surface area contributed by atoms with Crippen LogP contribution in [-0.2, 0) is 11.3 Å². The Hall–Kier alpha value is -2.69. The van der Waals surface area contributed by atoms with Crippen molar-refractivity contribution in [1.82, 2.24) is 9.88 Å². The van der Waals surface area contributed by atoms with Crippen molar-refractivity contribution in [1.29, 1.82) is 5.26 Å². The van der Waals surface area contributed by atoms with Crippen molar-refractivity contribution in [2.75, 3.05) is 0 Å². The maximum Gasteiger partial charge on any atom is 0.287 e. The van der Waals surface area contributed by atoms with Crippen LogP contribution in [0.5, 0.6) is 0 Å². The molecule has 112 valence electrons. The minimum atomic E-state index is -0.729. The molecule has 1 aromatic rings. The lowest BCUT2D eigenvalue weighted by Crippen LogP contribution is -2.45. The van der Waals surface area contributed by atoms with Crippen LogP contribution < -0.4 is 10.9 Å². The van der Waals surface area contributed by atoms with Gasteiger partial charge in [-0.05, 0) is 20.3 Å². The summed E-state index contributed by atoms with van der Waals surface area (Å²) in [4.78, 5) is 33.8. The van der Waals surface area contributed by atoms with Gasteiger partial charge in [-0.3, -0.25) is 24.3 Å². The van der Waals surface area contributed by atoms with Gasteiger partial charge in [0.25, 0.3) is 11.2 Å². The molecule has 0 aliphatic carbocycles. The second-order valence-electron chi connectivity index (χ2n) is 5.20. The molecule has 0 spiro atoms. The number of nitrogens with one attached hydrogen (secondary N) is 1. The first-order valence-corrected chi connectivity index (χ1v) is 6.30. The third-order valence-corrected chi connectivity index (χ3v) is 3.08. The van der Waals surface area contributed by atoms with Crippen molar-refractivity contribution in [3.8, 4) is 6.07 Å². The first kappa shape index (κ1) is 16.4. The summed E-state index contributed by atoms with van der Waals surface area (Å²) in [7, 11) is 0. The maximum absolute atomic E-state index is 11.9. The molecule has 0 saturated carbocycles. The average Bonchev–Trinajstić information content (AvgIpc) is 2.40. The zero-order valence-corrected chi connectivity index (χ0v) is 12.0. The van der Waals surface area contributed by atoms with Gasteiger partial charge in [0.05, 0.1) is 11.1 Å². The van der Waals surface area contributed by atoms with Crippen LogP contribution in [0.15, 0.2) is 17.1 Å². The van der Waals surface area contributed by atoms with Gasteiger partial charge < -0.3 is 5.32 Å². The standard InChI is InChI=1S/C13H16N4O4/c1-4-13(2,3)15-11(18)8-16-7-10(17(20)21)5-9(6-14)12(16)19/h5,7H,4,8H2,1-3H3,(H,15,18). The minimum absolute atomic E-state index is 0.369. The molecule has 0 saturated heterocycles. The number of nitrogens with zero attached hydrogens (tertiary/aromatic N) is 3. The van der Waals surface area contributed by atoms with Gasteiger partial charge >= 0.3 is 0 Å². The molecule has 21 heavy (non-hydrogen) atoms. The third-order valence-electron chi connectivity index (χ3n) is 3.08. The third kappa shape index (κ3) is 4.14. The number of nitro groups is 1. The smallest absolute Gasteiger partial charge is 0.287 e. The lowest BCUT2D eigenvalue weighted by molar-refractivity contribution is -0.385. The SMILES string of the molecule is CCC(C)(C)NC(=O)Cn1cc([N+](=O)[O-])cc(C#N)c1=O. The molecule has 0 radical (unpaired) electrons. The molecule has 1 amide bonds. The van der Waals surface area contributed by atoms with Crippen molar-refractivity contribution in [2.45, 2.75) is 39.3 Å². The molecule has 8 heteroatoms. The lowest BCUT2D eigenvalue weighted by atomic mass is 10.0. The molecule has 1 aromatic heterocycles. The Kier molecular flexibility index (Phi) is 4.81. The van der Waals surface area contributed by atoms with Crippen LogP contribution in [0, 0.1) is 21.4 Å². The highest BCUT2D eigenvalue weighted by Gasteiger charge is 2.20. The van der Waals surface area contributed by atoms with Gasteiger partial charge in [0.15, 0.2) is 0 Å². The van der Waals surface area contributed by atoms with Gasteiger partial charge in [-0.2, -0.15) is 5.26 Å². The zero-order valence-electron chi connectivity index (χ0n) is 12.0. The Morgan fingerprint density at radius 1 is 1.57 bits per heavy atom. The first-order valence-electron chi connectivity index (χ1n) is 6.30. The molecule has 8 nitrogen and oxygen atoms in total. The number of carbonyl (C=O) groups excluding carboxylic acids is 1. The molecule has 0 aliphatic heterocycles. The number of amides is 1. The van der Waals surface area contributed by atoms with Crippen LogP contribution in [-0.4, -0.2) is 20.9 Å². The fourth-order valence-corrected chi connectivity index (χ4v) is 1.58. The van der Waals surface area contributed by atoms with Crippen molar-refractivity contribution in [3.05, 3.63) is 38.3 Å². The molecular formula is C13H16N4O4. The van der Waals surface area contributed by atoms with Crippen LogP contribution in [0.4, 0.5) is 5.69 Å². The van der Waals surface area contributed by atoms with E-state index in [0.717, 1.165) is 16.8 Å². The Labute approximate surface area is 121 Å². The molecular weight excluding hydrogens is 276 g/mol. The summed E-state index contributed by atoms with van der Waals surface area (Å²) >= 11 is 0. The first-order chi connectivity index (χ1) is 9.70. The zero-order chi connectivity index (χ0) is 16.2. The molecule has 0 unspecified atom stereocenters. The van der Waals surface area contributed by atoms with Gasteiger partial charge in [0.1, 0.15) is 18.2 Å². The van der Waals surface area contributed by atoms with Gasteiger partial charge in [0.2, 0.25) is 5.91 Å². The van der Waals surface area contributed by atoms with Crippen molar-refractivity contribution in [2.24, 2.45) is 0 Å². The lowest BCUT2D eigenvalue weighted by Gasteiger charge is -2.24. The number of aromatic nitrogens is 1. The quantitative estimate of drug-likeness (QED) is 0.639. The van der Waals surface area contributed by atoms with Crippen molar-refractivity contribution in [3.63, 3.8) is 0 Å². The van der Waals surface area contributed by atoms with Crippen LogP contribution in [0.3, 0.4) is 0 Å². The highest BCUT2D eigenvalue weighted by atomic mass is 16.6. The largest absolute Gasteiger partial charge is 0.350 e. The molecule has 0 aliphatic rings. The van der Waals surface area contributed by atoms with E-state index in [1.54, 1.807) is 6.07 Å². The fraction of sp³-hybridized carbons (Fsp3) is 0.462. The molecule has 0 atom stereocenters. The summed E-state index contributed by atoms with van der Waals surface area (Å²) in [5.74, 6) is -0.451. The van der Waals surface area contributed by atoms with Crippen molar-refractivity contribution >= 4 is 11.6 Å². The van der Waals surface area contributed by atoms with E-state index in [4.69, 9.17) is 5.26 Å². The van der Waals surface area contributed by atoms with Crippen LogP contribution >= 0.6 is 0 Å². The van der Waals surface area contributed by atoms with Gasteiger partial charge in [-0.1, -0.05) is 6.92 Å². The predicted molar refractivity (Wildman–Crippen MR) is 74.6 cm³/mol. The molecule has 0 bridgehead atoms. The topological polar surface area (TPSA) is 118 Å². The average molecular weight is 292 g/mol. The number of hydrogen-bond acceptors (Lipinski definition) is 5. The van der Waals surface area contributed by atoms with Crippen LogP contribution in [0.1, 0.15) is 32.8 Å². The van der Waals surface area contributed by atoms with Crippen molar-refractivity contribution < 1.29 is 9.72 Å². The Bertz CT molecular complexity index is 670. The van der Waals surface area contributed by atoms with E-state index in [1.165, 1.54) is 0 Å². The van der Waals surface area contributed by atoms with Crippen LogP contribution in [0.2, 0.25) is 0 Å². The van der Waals surface area contributed by atoms with E-state index in [-0.39, 0.29) is 12.1 Å². The van der Waals surface area contributed by atoms with Crippen LogP contribution in [0.25, 0.3) is 0 Å².